The van der Waals surface area contributed by atoms with Gasteiger partial charge in [-0.25, -0.2) is 0 Å². The summed E-state index contributed by atoms with van der Waals surface area (Å²) in [5, 5.41) is 2.87. The molecule has 1 N–H and O–H groups in total. The molecule has 0 saturated carbocycles. The summed E-state index contributed by atoms with van der Waals surface area (Å²) >= 11 is 12.8. The molecule has 0 spiro atoms. The number of thioether (sulfide) groups is 1. The minimum Gasteiger partial charge on any atom is -0.493 e. The van der Waals surface area contributed by atoms with Gasteiger partial charge in [0.15, 0.2) is 11.5 Å². The number of methoxy groups -OCH3 is 1. The number of halogens is 2. The quantitative estimate of drug-likeness (QED) is 0.527. The van der Waals surface area contributed by atoms with Gasteiger partial charge in [-0.15, -0.1) is 0 Å². The second kappa shape index (κ2) is 10.8. The highest BCUT2D eigenvalue weighted by atomic mass is 35.5. The smallest absolute Gasteiger partial charge is 0.293 e. The van der Waals surface area contributed by atoms with Gasteiger partial charge in [-0.2, -0.15) is 0 Å². The van der Waals surface area contributed by atoms with Crippen LogP contribution in [0.3, 0.4) is 0 Å². The molecule has 0 aromatic heterocycles. The molecule has 2 aromatic carbocycles. The maximum atomic E-state index is 12.7. The summed E-state index contributed by atoms with van der Waals surface area (Å²) < 4.78 is 10.8. The number of rotatable bonds is 8. The van der Waals surface area contributed by atoms with Gasteiger partial charge < -0.3 is 14.8 Å². The van der Waals surface area contributed by atoms with E-state index in [1.54, 1.807) is 30.3 Å². The maximum Gasteiger partial charge on any atom is 0.293 e. The predicted octanol–water partition coefficient (Wildman–Crippen LogP) is 4.87. The Morgan fingerprint density at radius 2 is 1.94 bits per heavy atom. The molecule has 7 nitrogen and oxygen atoms in total. The maximum absolute atomic E-state index is 12.7. The Kier molecular flexibility index (Phi) is 8.06. The molecular weight excluding hydrogens is 475 g/mol. The number of nitrogens with one attached hydrogen (secondary N) is 1. The summed E-state index contributed by atoms with van der Waals surface area (Å²) in [6.45, 7) is 2.46. The van der Waals surface area contributed by atoms with Crippen molar-refractivity contribution in [1.29, 1.82) is 0 Å². The second-order valence-corrected chi connectivity index (χ2v) is 8.39. The first kappa shape index (κ1) is 24.0. The molecule has 0 bridgehead atoms. The fourth-order valence-corrected chi connectivity index (χ4v) is 4.18. The molecule has 168 valence electrons. The number of benzene rings is 2. The van der Waals surface area contributed by atoms with Gasteiger partial charge in [0, 0.05) is 18.1 Å². The third-order valence-electron chi connectivity index (χ3n) is 4.45. The van der Waals surface area contributed by atoms with E-state index in [2.05, 4.69) is 5.32 Å². The third kappa shape index (κ3) is 5.56. The van der Waals surface area contributed by atoms with E-state index in [4.69, 9.17) is 32.7 Å². The summed E-state index contributed by atoms with van der Waals surface area (Å²) in [5.41, 5.74) is 0.914. The van der Waals surface area contributed by atoms with Gasteiger partial charge >= 0.3 is 0 Å². The van der Waals surface area contributed by atoms with Crippen LogP contribution in [0.2, 0.25) is 10.0 Å². The van der Waals surface area contributed by atoms with E-state index in [0.717, 1.165) is 16.7 Å². The van der Waals surface area contributed by atoms with Gasteiger partial charge in [-0.1, -0.05) is 29.3 Å². The largest absolute Gasteiger partial charge is 0.493 e. The van der Waals surface area contributed by atoms with E-state index in [1.165, 1.54) is 19.2 Å². The van der Waals surface area contributed by atoms with Crippen LogP contribution in [-0.2, 0) is 4.79 Å². The highest BCUT2D eigenvalue weighted by Crippen LogP contribution is 2.34. The molecule has 0 radical (unpaired) electrons. The molecule has 1 aliphatic rings. The molecule has 10 heteroatoms. The zero-order chi connectivity index (χ0) is 23.3. The lowest BCUT2D eigenvalue weighted by Crippen LogP contribution is -2.37. The molecule has 0 aliphatic carbocycles. The third-order valence-corrected chi connectivity index (χ3v) is 5.92. The second-order valence-electron chi connectivity index (χ2n) is 6.56. The molecule has 3 amide bonds. The molecule has 1 heterocycles. The van der Waals surface area contributed by atoms with Crippen molar-refractivity contribution in [2.24, 2.45) is 0 Å². The van der Waals surface area contributed by atoms with Crippen molar-refractivity contribution >= 4 is 58.1 Å². The first-order valence-corrected chi connectivity index (χ1v) is 11.2. The first-order chi connectivity index (χ1) is 15.3. The zero-order valence-corrected chi connectivity index (χ0v) is 19.6. The van der Waals surface area contributed by atoms with Crippen molar-refractivity contribution in [3.63, 3.8) is 0 Å². The summed E-state index contributed by atoms with van der Waals surface area (Å²) in [5.74, 6) is 0.252. The molecule has 1 fully saturated rings. The number of imide groups is 1. The van der Waals surface area contributed by atoms with E-state index in [-0.39, 0.29) is 28.6 Å². The van der Waals surface area contributed by atoms with Gasteiger partial charge in [0.2, 0.25) is 0 Å². The van der Waals surface area contributed by atoms with Crippen LogP contribution in [0.15, 0.2) is 41.3 Å². The van der Waals surface area contributed by atoms with Crippen LogP contribution in [0.25, 0.3) is 6.08 Å². The minimum atomic E-state index is -0.443. The Morgan fingerprint density at radius 3 is 2.66 bits per heavy atom. The van der Waals surface area contributed by atoms with Crippen molar-refractivity contribution in [1.82, 2.24) is 10.2 Å². The summed E-state index contributed by atoms with van der Waals surface area (Å²) in [7, 11) is 1.53. The fraction of sp³-hybridized carbons (Fsp3) is 0.227. The average Bonchev–Trinajstić information content (AvgIpc) is 3.03. The van der Waals surface area contributed by atoms with Crippen LogP contribution in [-0.4, -0.2) is 48.8 Å². The van der Waals surface area contributed by atoms with Gasteiger partial charge in [0.25, 0.3) is 17.1 Å². The van der Waals surface area contributed by atoms with Crippen LogP contribution in [0.5, 0.6) is 11.5 Å². The predicted molar refractivity (Wildman–Crippen MR) is 126 cm³/mol. The lowest BCUT2D eigenvalue weighted by molar-refractivity contribution is -0.122. The molecule has 3 rings (SSSR count). The fourth-order valence-electron chi connectivity index (χ4n) is 2.94. The van der Waals surface area contributed by atoms with Crippen molar-refractivity contribution in [2.45, 2.75) is 6.92 Å². The van der Waals surface area contributed by atoms with Crippen molar-refractivity contribution in [2.75, 3.05) is 26.8 Å². The number of hydrogen-bond donors (Lipinski definition) is 1. The Bertz CT molecular complexity index is 1090. The highest BCUT2D eigenvalue weighted by molar-refractivity contribution is 8.18. The van der Waals surface area contributed by atoms with E-state index < -0.39 is 17.1 Å². The standard InChI is InChI=1S/C22H20Cl2N2O5S/c1-3-31-17-7-4-13(10-18(17)30-2)11-19-21(28)26(22(29)32-19)9-8-25-20(27)15-12-14(23)5-6-16(15)24/h4-7,10-12H,3,8-9H2,1-2H3,(H,25,27)/b19-11-. The van der Waals surface area contributed by atoms with Crippen LogP contribution < -0.4 is 14.8 Å². The SMILES string of the molecule is CCOc1ccc(/C=C2\SC(=O)N(CCNC(=O)c3cc(Cl)ccc3Cl)C2=O)cc1OC. The normalized spacial score (nSPS) is 14.8. The Hall–Kier alpha value is -2.68. The van der Waals surface area contributed by atoms with Gasteiger partial charge in [-0.3, -0.25) is 19.3 Å². The lowest BCUT2D eigenvalue weighted by Gasteiger charge is -2.13. The van der Waals surface area contributed by atoms with Crippen molar-refractivity contribution in [3.8, 4) is 11.5 Å². The zero-order valence-electron chi connectivity index (χ0n) is 17.3. The van der Waals surface area contributed by atoms with Gasteiger partial charge in [0.1, 0.15) is 0 Å². The Morgan fingerprint density at radius 1 is 1.16 bits per heavy atom. The van der Waals surface area contributed by atoms with Crippen molar-refractivity contribution in [3.05, 3.63) is 62.5 Å². The number of carbonyl (C=O) groups excluding carboxylic acids is 3. The first-order valence-electron chi connectivity index (χ1n) is 9.63. The highest BCUT2D eigenvalue weighted by Gasteiger charge is 2.34. The summed E-state index contributed by atoms with van der Waals surface area (Å²) in [6.07, 6.45) is 1.62. The Balaban J connectivity index is 1.64. The van der Waals surface area contributed by atoms with E-state index in [0.29, 0.717) is 28.7 Å². The van der Waals surface area contributed by atoms with Gasteiger partial charge in [-0.05, 0) is 60.7 Å². The minimum absolute atomic E-state index is 0.0263. The molecule has 1 aliphatic heterocycles. The van der Waals surface area contributed by atoms with Crippen LogP contribution >= 0.6 is 35.0 Å². The molecule has 2 aromatic rings. The molecule has 32 heavy (non-hydrogen) atoms. The van der Waals surface area contributed by atoms with Gasteiger partial charge in [0.05, 0.1) is 29.2 Å². The van der Waals surface area contributed by atoms with E-state index >= 15 is 0 Å². The van der Waals surface area contributed by atoms with Crippen LogP contribution in [0.4, 0.5) is 4.79 Å². The molecule has 0 atom stereocenters. The number of carbonyl (C=O) groups is 3. The van der Waals surface area contributed by atoms with E-state index in [1.807, 2.05) is 6.92 Å². The molecule has 1 saturated heterocycles. The monoisotopic (exact) mass is 494 g/mol. The average molecular weight is 495 g/mol. The number of hydrogen-bond acceptors (Lipinski definition) is 6. The summed E-state index contributed by atoms with van der Waals surface area (Å²) in [4.78, 5) is 38.7. The number of amides is 3. The topological polar surface area (TPSA) is 84.9 Å². The lowest BCUT2D eigenvalue weighted by atomic mass is 10.2. The number of nitrogens with zero attached hydrogens (tertiary/aromatic N) is 1. The summed E-state index contributed by atoms with van der Waals surface area (Å²) in [6, 6.07) is 9.80. The van der Waals surface area contributed by atoms with Crippen LogP contribution in [0, 0.1) is 0 Å². The van der Waals surface area contributed by atoms with Crippen LogP contribution in [0.1, 0.15) is 22.8 Å². The molecule has 0 unspecified atom stereocenters. The van der Waals surface area contributed by atoms with E-state index in [9.17, 15) is 14.4 Å². The van der Waals surface area contributed by atoms with Crippen molar-refractivity contribution < 1.29 is 23.9 Å². The number of ether oxygens (including phenoxy) is 2. The molecular formula is C22H20Cl2N2O5S. The Labute approximate surface area is 199 Å².